The van der Waals surface area contributed by atoms with E-state index < -0.39 is 0 Å². The van der Waals surface area contributed by atoms with Crippen molar-refractivity contribution < 1.29 is 4.39 Å². The van der Waals surface area contributed by atoms with Gasteiger partial charge in [-0.1, -0.05) is 24.3 Å². The number of benzene rings is 1. The van der Waals surface area contributed by atoms with Crippen molar-refractivity contribution in [1.29, 1.82) is 0 Å². The molecule has 0 saturated heterocycles. The molecular formula is C18H20FN3. The van der Waals surface area contributed by atoms with E-state index in [1.807, 2.05) is 31.3 Å². The van der Waals surface area contributed by atoms with Crippen molar-refractivity contribution >= 4 is 6.08 Å². The molecule has 1 aromatic heterocycles. The van der Waals surface area contributed by atoms with Gasteiger partial charge in [-0.2, -0.15) is 0 Å². The number of aromatic nitrogens is 2. The van der Waals surface area contributed by atoms with Crippen LogP contribution in [0.1, 0.15) is 41.5 Å². The first kappa shape index (κ1) is 14.9. The first-order valence-corrected chi connectivity index (χ1v) is 7.70. The average molecular weight is 297 g/mol. The summed E-state index contributed by atoms with van der Waals surface area (Å²) < 4.78 is 13.1. The zero-order chi connectivity index (χ0) is 15.4. The van der Waals surface area contributed by atoms with Crippen LogP contribution in [0.5, 0.6) is 0 Å². The van der Waals surface area contributed by atoms with E-state index in [2.05, 4.69) is 15.3 Å². The fourth-order valence-electron chi connectivity index (χ4n) is 2.87. The van der Waals surface area contributed by atoms with Crippen LogP contribution in [0.15, 0.2) is 36.5 Å². The first-order valence-electron chi connectivity index (χ1n) is 7.70. The Kier molecular flexibility index (Phi) is 4.59. The van der Waals surface area contributed by atoms with Crippen LogP contribution in [0.3, 0.4) is 0 Å². The van der Waals surface area contributed by atoms with Gasteiger partial charge in [0.15, 0.2) is 0 Å². The molecule has 0 bridgehead atoms. The van der Waals surface area contributed by atoms with E-state index in [-0.39, 0.29) is 5.82 Å². The zero-order valence-corrected chi connectivity index (χ0v) is 12.7. The maximum Gasteiger partial charge on any atom is 0.125 e. The topological polar surface area (TPSA) is 37.8 Å². The number of hydrogen-bond donors (Lipinski definition) is 1. The number of hydrogen-bond acceptors (Lipinski definition) is 3. The summed E-state index contributed by atoms with van der Waals surface area (Å²) in [4.78, 5) is 8.86. The van der Waals surface area contributed by atoms with Crippen molar-refractivity contribution in [2.24, 2.45) is 0 Å². The Morgan fingerprint density at radius 3 is 3.18 bits per heavy atom. The van der Waals surface area contributed by atoms with E-state index in [0.29, 0.717) is 6.04 Å². The second-order valence-corrected chi connectivity index (χ2v) is 5.63. The second-order valence-electron chi connectivity index (χ2n) is 5.63. The predicted molar refractivity (Wildman–Crippen MR) is 85.9 cm³/mol. The van der Waals surface area contributed by atoms with Crippen molar-refractivity contribution in [2.75, 3.05) is 6.54 Å². The lowest BCUT2D eigenvalue weighted by molar-refractivity contribution is 0.471. The van der Waals surface area contributed by atoms with Crippen molar-refractivity contribution in [2.45, 2.75) is 32.2 Å². The molecule has 1 unspecified atom stereocenters. The molecule has 0 radical (unpaired) electrons. The van der Waals surface area contributed by atoms with Gasteiger partial charge in [-0.15, -0.1) is 0 Å². The van der Waals surface area contributed by atoms with Crippen LogP contribution < -0.4 is 5.32 Å². The van der Waals surface area contributed by atoms with E-state index in [1.165, 1.54) is 23.4 Å². The standard InChI is InChI=1S/C18H20FN3/c1-13-21-12-16-17(8-3-9-18(16)22-13)20-10-4-6-14-5-2-7-15(19)11-14/h2,4-7,11-12,17,20H,3,8-10H2,1H3/b6-4+. The number of nitrogens with zero attached hydrogens (tertiary/aromatic N) is 2. The molecule has 4 heteroatoms. The van der Waals surface area contributed by atoms with Gasteiger partial charge >= 0.3 is 0 Å². The average Bonchev–Trinajstić information content (AvgIpc) is 2.51. The molecule has 1 N–H and O–H groups in total. The molecule has 0 saturated carbocycles. The summed E-state index contributed by atoms with van der Waals surface area (Å²) in [5.74, 6) is 0.634. The Morgan fingerprint density at radius 2 is 2.32 bits per heavy atom. The van der Waals surface area contributed by atoms with Crippen LogP contribution in [0, 0.1) is 12.7 Å². The summed E-state index contributed by atoms with van der Waals surface area (Å²) in [5.41, 5.74) is 3.27. The third kappa shape index (κ3) is 3.57. The highest BCUT2D eigenvalue weighted by Crippen LogP contribution is 2.27. The summed E-state index contributed by atoms with van der Waals surface area (Å²) >= 11 is 0. The molecule has 114 valence electrons. The van der Waals surface area contributed by atoms with Gasteiger partial charge in [-0.25, -0.2) is 14.4 Å². The Morgan fingerprint density at radius 1 is 1.41 bits per heavy atom. The lowest BCUT2D eigenvalue weighted by Crippen LogP contribution is -2.26. The molecule has 1 atom stereocenters. The highest BCUT2D eigenvalue weighted by Gasteiger charge is 2.20. The monoisotopic (exact) mass is 297 g/mol. The van der Waals surface area contributed by atoms with Gasteiger partial charge in [0, 0.05) is 30.0 Å². The highest BCUT2D eigenvalue weighted by molar-refractivity contribution is 5.49. The number of nitrogens with one attached hydrogen (secondary N) is 1. The Bertz CT molecular complexity index is 682. The van der Waals surface area contributed by atoms with Crippen LogP contribution in [-0.4, -0.2) is 16.5 Å². The minimum Gasteiger partial charge on any atom is -0.306 e. The number of fused-ring (bicyclic) bond motifs is 1. The first-order chi connectivity index (χ1) is 10.7. The summed E-state index contributed by atoms with van der Waals surface area (Å²) in [6, 6.07) is 6.91. The molecule has 3 nitrogen and oxygen atoms in total. The SMILES string of the molecule is Cc1ncc2c(n1)CCCC2NC/C=C/c1cccc(F)c1. The predicted octanol–water partition coefficient (Wildman–Crippen LogP) is 3.60. The van der Waals surface area contributed by atoms with E-state index >= 15 is 0 Å². The molecule has 2 aromatic rings. The molecule has 3 rings (SSSR count). The molecule has 22 heavy (non-hydrogen) atoms. The molecule has 0 amide bonds. The van der Waals surface area contributed by atoms with Crippen LogP contribution in [0.4, 0.5) is 4.39 Å². The lowest BCUT2D eigenvalue weighted by Gasteiger charge is -2.25. The van der Waals surface area contributed by atoms with Crippen molar-refractivity contribution in [3.63, 3.8) is 0 Å². The molecule has 0 fully saturated rings. The Labute approximate surface area is 130 Å². The molecular weight excluding hydrogens is 277 g/mol. The number of rotatable bonds is 4. The third-order valence-corrected chi connectivity index (χ3v) is 3.94. The van der Waals surface area contributed by atoms with Gasteiger partial charge in [0.2, 0.25) is 0 Å². The van der Waals surface area contributed by atoms with Crippen LogP contribution >= 0.6 is 0 Å². The molecule has 1 aliphatic carbocycles. The summed E-state index contributed by atoms with van der Waals surface area (Å²) in [5, 5.41) is 3.52. The van der Waals surface area contributed by atoms with E-state index in [9.17, 15) is 4.39 Å². The lowest BCUT2D eigenvalue weighted by atomic mass is 9.92. The summed E-state index contributed by atoms with van der Waals surface area (Å²) in [7, 11) is 0. The molecule has 1 aromatic carbocycles. The van der Waals surface area contributed by atoms with Gasteiger partial charge < -0.3 is 5.32 Å². The van der Waals surface area contributed by atoms with Gasteiger partial charge in [-0.3, -0.25) is 0 Å². The second kappa shape index (κ2) is 6.79. The largest absolute Gasteiger partial charge is 0.306 e. The van der Waals surface area contributed by atoms with Crippen molar-refractivity contribution in [3.05, 3.63) is 65.0 Å². The van der Waals surface area contributed by atoms with Gasteiger partial charge in [0.1, 0.15) is 11.6 Å². The maximum atomic E-state index is 13.1. The molecule has 1 aliphatic rings. The van der Waals surface area contributed by atoms with Gasteiger partial charge in [0.05, 0.1) is 0 Å². The Balaban J connectivity index is 1.61. The quantitative estimate of drug-likeness (QED) is 0.937. The molecule has 1 heterocycles. The van der Waals surface area contributed by atoms with Gasteiger partial charge in [-0.05, 0) is 43.9 Å². The van der Waals surface area contributed by atoms with Crippen LogP contribution in [-0.2, 0) is 6.42 Å². The maximum absolute atomic E-state index is 13.1. The van der Waals surface area contributed by atoms with E-state index in [4.69, 9.17) is 0 Å². The fraction of sp³-hybridized carbons (Fsp3) is 0.333. The summed E-state index contributed by atoms with van der Waals surface area (Å²) in [6.45, 7) is 2.67. The number of halogens is 1. The minimum atomic E-state index is -0.205. The van der Waals surface area contributed by atoms with Crippen LogP contribution in [0.2, 0.25) is 0 Å². The molecule has 0 aliphatic heterocycles. The zero-order valence-electron chi connectivity index (χ0n) is 12.7. The van der Waals surface area contributed by atoms with E-state index in [0.717, 1.165) is 37.2 Å². The molecule has 0 spiro atoms. The van der Waals surface area contributed by atoms with Gasteiger partial charge in [0.25, 0.3) is 0 Å². The van der Waals surface area contributed by atoms with Crippen LogP contribution in [0.25, 0.3) is 6.08 Å². The minimum absolute atomic E-state index is 0.205. The fourth-order valence-corrected chi connectivity index (χ4v) is 2.87. The van der Waals surface area contributed by atoms with E-state index in [1.54, 1.807) is 6.07 Å². The van der Waals surface area contributed by atoms with Crippen molar-refractivity contribution in [3.8, 4) is 0 Å². The summed E-state index contributed by atoms with van der Waals surface area (Å²) in [6.07, 6.45) is 9.20. The Hall–Kier alpha value is -2.07. The number of aryl methyl sites for hydroxylation is 2. The highest BCUT2D eigenvalue weighted by atomic mass is 19.1. The van der Waals surface area contributed by atoms with Crippen molar-refractivity contribution in [1.82, 2.24) is 15.3 Å². The normalized spacial score (nSPS) is 17.6. The third-order valence-electron chi connectivity index (χ3n) is 3.94. The smallest absolute Gasteiger partial charge is 0.125 e.